The predicted molar refractivity (Wildman–Crippen MR) is 61.1 cm³/mol. The summed E-state index contributed by atoms with van der Waals surface area (Å²) in [6, 6.07) is 0.312. The molecule has 1 rings (SSSR count). The van der Waals surface area contributed by atoms with Crippen molar-refractivity contribution >= 4 is 11.9 Å². The average molecular weight is 227 g/mol. The molecule has 1 amide bonds. The number of carbonyl (C=O) groups excluding carboxylic acids is 1. The van der Waals surface area contributed by atoms with Gasteiger partial charge in [0.05, 0.1) is 6.42 Å². The van der Waals surface area contributed by atoms with Crippen molar-refractivity contribution in [2.75, 3.05) is 6.54 Å². The van der Waals surface area contributed by atoms with Crippen LogP contribution in [0.5, 0.6) is 0 Å². The van der Waals surface area contributed by atoms with E-state index in [1.807, 2.05) is 13.8 Å². The molecule has 0 unspecified atom stereocenters. The Kier molecular flexibility index (Phi) is 4.77. The van der Waals surface area contributed by atoms with Crippen LogP contribution in [0.1, 0.15) is 46.0 Å². The molecule has 0 aliphatic heterocycles. The highest BCUT2D eigenvalue weighted by molar-refractivity contribution is 5.80. The Labute approximate surface area is 96.6 Å². The number of carboxylic acid groups (broad SMARTS) is 1. The lowest BCUT2D eigenvalue weighted by Crippen LogP contribution is -2.39. The Balaban J connectivity index is 2.54. The van der Waals surface area contributed by atoms with Crippen LogP contribution in [0.25, 0.3) is 0 Å². The van der Waals surface area contributed by atoms with Gasteiger partial charge in [-0.1, -0.05) is 13.8 Å². The summed E-state index contributed by atoms with van der Waals surface area (Å²) in [5.74, 6) is -0.619. The summed E-state index contributed by atoms with van der Waals surface area (Å²) >= 11 is 0. The largest absolute Gasteiger partial charge is 0.481 e. The number of aliphatic carboxylic acids is 1. The van der Waals surface area contributed by atoms with E-state index < -0.39 is 5.97 Å². The Bertz CT molecular complexity index is 257. The van der Waals surface area contributed by atoms with Crippen molar-refractivity contribution in [1.29, 1.82) is 0 Å². The molecule has 0 aromatic heterocycles. The smallest absolute Gasteiger partial charge is 0.305 e. The number of rotatable bonds is 7. The average Bonchev–Trinajstić information content (AvgIpc) is 3.03. The number of carboxylic acids is 1. The maximum Gasteiger partial charge on any atom is 0.305 e. The molecule has 0 heterocycles. The first-order chi connectivity index (χ1) is 7.60. The molecule has 0 saturated heterocycles. The topological polar surface area (TPSA) is 57.6 Å². The molecule has 1 fully saturated rings. The zero-order valence-electron chi connectivity index (χ0n) is 10.1. The third-order valence-corrected chi connectivity index (χ3v) is 3.17. The van der Waals surface area contributed by atoms with Gasteiger partial charge in [-0.05, 0) is 25.7 Å². The zero-order valence-corrected chi connectivity index (χ0v) is 10.1. The lowest BCUT2D eigenvalue weighted by atomic mass is 10.0. The minimum atomic E-state index is -0.831. The molecular formula is C12H21NO3. The third kappa shape index (κ3) is 3.51. The van der Waals surface area contributed by atoms with E-state index in [0.29, 0.717) is 12.6 Å². The molecule has 1 N–H and O–H groups in total. The van der Waals surface area contributed by atoms with Gasteiger partial charge in [0.15, 0.2) is 0 Å². The van der Waals surface area contributed by atoms with Crippen LogP contribution < -0.4 is 0 Å². The van der Waals surface area contributed by atoms with Gasteiger partial charge in [0.1, 0.15) is 0 Å². The summed E-state index contributed by atoms with van der Waals surface area (Å²) in [5.41, 5.74) is 0. The van der Waals surface area contributed by atoms with E-state index in [1.165, 1.54) is 0 Å². The van der Waals surface area contributed by atoms with Gasteiger partial charge in [-0.2, -0.15) is 0 Å². The van der Waals surface area contributed by atoms with Gasteiger partial charge in [0, 0.05) is 18.5 Å². The van der Waals surface area contributed by atoms with Crippen molar-refractivity contribution < 1.29 is 14.7 Å². The van der Waals surface area contributed by atoms with Crippen LogP contribution in [-0.2, 0) is 9.59 Å². The molecule has 1 aliphatic rings. The summed E-state index contributed by atoms with van der Waals surface area (Å²) in [5, 5.41) is 8.66. The summed E-state index contributed by atoms with van der Waals surface area (Å²) in [6.45, 7) is 4.39. The van der Waals surface area contributed by atoms with Crippen LogP contribution in [0.4, 0.5) is 0 Å². The van der Waals surface area contributed by atoms with Gasteiger partial charge in [0.2, 0.25) is 5.91 Å². The first-order valence-electron chi connectivity index (χ1n) is 6.12. The van der Waals surface area contributed by atoms with Gasteiger partial charge >= 0.3 is 5.97 Å². The van der Waals surface area contributed by atoms with E-state index in [2.05, 4.69) is 0 Å². The highest BCUT2D eigenvalue weighted by atomic mass is 16.4. The van der Waals surface area contributed by atoms with Crippen molar-refractivity contribution in [3.05, 3.63) is 0 Å². The molecule has 0 radical (unpaired) electrons. The molecular weight excluding hydrogens is 206 g/mol. The minimum absolute atomic E-state index is 0.0579. The second-order valence-electron chi connectivity index (χ2n) is 4.42. The second-order valence-corrected chi connectivity index (χ2v) is 4.42. The molecule has 0 aromatic carbocycles. The van der Waals surface area contributed by atoms with E-state index in [1.54, 1.807) is 4.90 Å². The van der Waals surface area contributed by atoms with Gasteiger partial charge in [-0.25, -0.2) is 0 Å². The fourth-order valence-corrected chi connectivity index (χ4v) is 1.95. The Hall–Kier alpha value is -1.06. The van der Waals surface area contributed by atoms with Crippen molar-refractivity contribution in [2.24, 2.45) is 5.92 Å². The number of amides is 1. The van der Waals surface area contributed by atoms with Gasteiger partial charge in [0.25, 0.3) is 0 Å². The molecule has 0 spiro atoms. The monoisotopic (exact) mass is 227 g/mol. The van der Waals surface area contributed by atoms with Crippen LogP contribution in [0, 0.1) is 5.92 Å². The van der Waals surface area contributed by atoms with Crippen molar-refractivity contribution in [3.8, 4) is 0 Å². The van der Waals surface area contributed by atoms with Crippen LogP contribution in [0.3, 0.4) is 0 Å². The first kappa shape index (κ1) is 13.0. The van der Waals surface area contributed by atoms with Gasteiger partial charge in [-0.15, -0.1) is 0 Å². The highest BCUT2D eigenvalue weighted by Gasteiger charge is 2.34. The maximum absolute atomic E-state index is 12.1. The Morgan fingerprint density at radius 1 is 1.31 bits per heavy atom. The van der Waals surface area contributed by atoms with Crippen molar-refractivity contribution in [3.63, 3.8) is 0 Å². The Morgan fingerprint density at radius 2 is 1.88 bits per heavy atom. The van der Waals surface area contributed by atoms with Crippen LogP contribution >= 0.6 is 0 Å². The quantitative estimate of drug-likeness (QED) is 0.722. The summed E-state index contributed by atoms with van der Waals surface area (Å²) in [7, 11) is 0. The molecule has 0 bridgehead atoms. The Morgan fingerprint density at radius 3 is 2.25 bits per heavy atom. The third-order valence-electron chi connectivity index (χ3n) is 3.17. The number of nitrogens with zero attached hydrogens (tertiary/aromatic N) is 1. The van der Waals surface area contributed by atoms with Crippen LogP contribution in [0.15, 0.2) is 0 Å². The van der Waals surface area contributed by atoms with Crippen LogP contribution in [-0.4, -0.2) is 34.5 Å². The summed E-state index contributed by atoms with van der Waals surface area (Å²) in [6.07, 6.45) is 3.80. The molecule has 0 aromatic rings. The van der Waals surface area contributed by atoms with Crippen molar-refractivity contribution in [2.45, 2.75) is 52.0 Å². The lowest BCUT2D eigenvalue weighted by Gasteiger charge is -2.25. The minimum Gasteiger partial charge on any atom is -0.481 e. The number of hydrogen-bond acceptors (Lipinski definition) is 2. The molecule has 16 heavy (non-hydrogen) atoms. The number of carbonyl (C=O) groups is 2. The molecule has 92 valence electrons. The number of hydrogen-bond donors (Lipinski definition) is 1. The van der Waals surface area contributed by atoms with E-state index in [4.69, 9.17) is 5.11 Å². The van der Waals surface area contributed by atoms with Gasteiger partial charge < -0.3 is 10.0 Å². The fraction of sp³-hybridized carbons (Fsp3) is 0.833. The highest BCUT2D eigenvalue weighted by Crippen LogP contribution is 2.29. The van der Waals surface area contributed by atoms with Crippen LogP contribution in [0.2, 0.25) is 0 Å². The predicted octanol–water partition coefficient (Wildman–Crippen LogP) is 1.89. The molecule has 4 nitrogen and oxygen atoms in total. The normalized spacial score (nSPS) is 15.2. The molecule has 1 aliphatic carbocycles. The van der Waals surface area contributed by atoms with Gasteiger partial charge in [-0.3, -0.25) is 9.59 Å². The standard InChI is InChI=1S/C12H21NO3/c1-3-9(4-2)12(16)13(10-5-6-10)8-7-11(14)15/h9-10H,3-8H2,1-2H3,(H,14,15). The van der Waals surface area contributed by atoms with E-state index in [9.17, 15) is 9.59 Å². The fourth-order valence-electron chi connectivity index (χ4n) is 1.95. The molecule has 0 atom stereocenters. The van der Waals surface area contributed by atoms with E-state index >= 15 is 0 Å². The summed E-state index contributed by atoms with van der Waals surface area (Å²) in [4.78, 5) is 24.5. The molecule has 1 saturated carbocycles. The SMILES string of the molecule is CCC(CC)C(=O)N(CCC(=O)O)C1CC1. The molecule has 4 heteroatoms. The van der Waals surface area contributed by atoms with E-state index in [-0.39, 0.29) is 18.2 Å². The lowest BCUT2D eigenvalue weighted by molar-refractivity contribution is -0.140. The maximum atomic E-state index is 12.1. The second kappa shape index (κ2) is 5.87. The first-order valence-corrected chi connectivity index (χ1v) is 6.12. The zero-order chi connectivity index (χ0) is 12.1. The van der Waals surface area contributed by atoms with Crippen molar-refractivity contribution in [1.82, 2.24) is 4.90 Å². The summed E-state index contributed by atoms with van der Waals surface area (Å²) < 4.78 is 0. The van der Waals surface area contributed by atoms with E-state index in [0.717, 1.165) is 25.7 Å².